The summed E-state index contributed by atoms with van der Waals surface area (Å²) in [7, 11) is 0. The summed E-state index contributed by atoms with van der Waals surface area (Å²) in [6.07, 6.45) is 0. The van der Waals surface area contributed by atoms with E-state index in [0.29, 0.717) is 0 Å². The second kappa shape index (κ2) is 8.50. The maximum atomic E-state index is 11.9. The molecular formula is C14H10O12. The Hall–Kier alpha value is -3.58. The molecule has 2 aromatic carbocycles. The maximum Gasteiger partial charge on any atom is 0.390 e. The third-order valence-electron chi connectivity index (χ3n) is 2.94. The van der Waals surface area contributed by atoms with Gasteiger partial charge in [-0.3, -0.25) is 0 Å². The molecule has 0 unspecified atom stereocenters. The van der Waals surface area contributed by atoms with Gasteiger partial charge in [-0.25, -0.2) is 40.4 Å². The molecule has 4 N–H and O–H groups in total. The number of hydrogen-bond donors (Lipinski definition) is 4. The first-order chi connectivity index (χ1) is 12.5. The van der Waals surface area contributed by atoms with Crippen LogP contribution in [0.4, 0.5) is 0 Å². The molecule has 12 heteroatoms. The normalized spacial score (nSPS) is 9.85. The minimum atomic E-state index is -1.30. The van der Waals surface area contributed by atoms with E-state index in [9.17, 15) is 9.59 Å². The van der Waals surface area contributed by atoms with E-state index in [1.165, 1.54) is 0 Å². The SMILES string of the molecule is O=C(OOC(=O)c1cc(OO)ccc1OO)c1cc(OO)ccc1OO. The topological polar surface area (TPSA) is 170 Å². The van der Waals surface area contributed by atoms with Gasteiger partial charge in [-0.05, 0) is 24.3 Å². The summed E-state index contributed by atoms with van der Waals surface area (Å²) >= 11 is 0. The zero-order valence-corrected chi connectivity index (χ0v) is 12.5. The second-order valence-corrected chi connectivity index (χ2v) is 4.42. The minimum Gasteiger partial charge on any atom is -0.340 e. The van der Waals surface area contributed by atoms with Crippen LogP contribution in [0.5, 0.6) is 23.0 Å². The molecule has 0 saturated carbocycles. The molecule has 0 aromatic heterocycles. The van der Waals surface area contributed by atoms with E-state index in [1.807, 2.05) is 0 Å². The summed E-state index contributed by atoms with van der Waals surface area (Å²) in [6.45, 7) is 0. The number of carbonyl (C=O) groups excluding carboxylic acids is 2. The zero-order chi connectivity index (χ0) is 19.1. The van der Waals surface area contributed by atoms with Crippen LogP contribution in [0.1, 0.15) is 20.7 Å². The Morgan fingerprint density at radius 2 is 1.00 bits per heavy atom. The van der Waals surface area contributed by atoms with Crippen LogP contribution >= 0.6 is 0 Å². The third-order valence-corrected chi connectivity index (χ3v) is 2.94. The second-order valence-electron chi connectivity index (χ2n) is 4.42. The molecule has 0 aliphatic rings. The molecule has 0 amide bonds. The van der Waals surface area contributed by atoms with E-state index >= 15 is 0 Å². The molecule has 0 bridgehead atoms. The molecule has 138 valence electrons. The monoisotopic (exact) mass is 370 g/mol. The van der Waals surface area contributed by atoms with Crippen LogP contribution in [0.3, 0.4) is 0 Å². The molecule has 0 fully saturated rings. The lowest BCUT2D eigenvalue weighted by atomic mass is 10.2. The van der Waals surface area contributed by atoms with Crippen molar-refractivity contribution in [2.24, 2.45) is 0 Å². The van der Waals surface area contributed by atoms with Gasteiger partial charge in [-0.15, -0.1) is 0 Å². The lowest BCUT2D eigenvalue weighted by molar-refractivity contribution is -0.189. The summed E-state index contributed by atoms with van der Waals surface area (Å²) in [6, 6.07) is 6.26. The van der Waals surface area contributed by atoms with Crippen LogP contribution in [0.15, 0.2) is 36.4 Å². The predicted molar refractivity (Wildman–Crippen MR) is 76.7 cm³/mol. The molecule has 0 aliphatic carbocycles. The van der Waals surface area contributed by atoms with Gasteiger partial charge in [-0.1, -0.05) is 0 Å². The Kier molecular flexibility index (Phi) is 6.13. The van der Waals surface area contributed by atoms with Crippen molar-refractivity contribution in [1.29, 1.82) is 0 Å². The standard InChI is InChI=1S/C14H10O12/c15-13(9-5-7(21-17)1-3-11(9)23-19)25-26-14(16)10-6-8(22-18)2-4-12(10)24-20/h1-6,17-20H. The smallest absolute Gasteiger partial charge is 0.340 e. The third kappa shape index (κ3) is 4.08. The van der Waals surface area contributed by atoms with Gasteiger partial charge in [0.2, 0.25) is 0 Å². The summed E-state index contributed by atoms with van der Waals surface area (Å²) in [5.41, 5.74) is -0.921. The summed E-state index contributed by atoms with van der Waals surface area (Å²) in [5, 5.41) is 34.6. The average Bonchev–Trinajstić information content (AvgIpc) is 2.70. The molecule has 0 atom stereocenters. The van der Waals surface area contributed by atoms with E-state index in [1.54, 1.807) is 0 Å². The van der Waals surface area contributed by atoms with Gasteiger partial charge in [0.1, 0.15) is 11.1 Å². The Labute approximate surface area is 143 Å². The van der Waals surface area contributed by atoms with Gasteiger partial charge < -0.3 is 19.6 Å². The maximum absolute atomic E-state index is 11.9. The summed E-state index contributed by atoms with van der Waals surface area (Å²) < 4.78 is 0. The number of rotatable bonds is 6. The van der Waals surface area contributed by atoms with Crippen molar-refractivity contribution in [3.8, 4) is 23.0 Å². The summed E-state index contributed by atoms with van der Waals surface area (Å²) in [5.74, 6) is -3.78. The van der Waals surface area contributed by atoms with Crippen LogP contribution in [0, 0.1) is 0 Å². The highest BCUT2D eigenvalue weighted by Gasteiger charge is 2.22. The van der Waals surface area contributed by atoms with E-state index in [0.717, 1.165) is 36.4 Å². The number of hydrogen-bond acceptors (Lipinski definition) is 12. The highest BCUT2D eigenvalue weighted by atomic mass is 17.2. The fraction of sp³-hybridized carbons (Fsp3) is 0. The van der Waals surface area contributed by atoms with Crippen molar-refractivity contribution >= 4 is 11.9 Å². The van der Waals surface area contributed by atoms with Crippen molar-refractivity contribution in [1.82, 2.24) is 0 Å². The van der Waals surface area contributed by atoms with Gasteiger partial charge in [0.25, 0.3) is 0 Å². The van der Waals surface area contributed by atoms with Gasteiger partial charge in [0.15, 0.2) is 23.0 Å². The van der Waals surface area contributed by atoms with Crippen molar-refractivity contribution in [3.63, 3.8) is 0 Å². The van der Waals surface area contributed by atoms with Crippen molar-refractivity contribution in [2.75, 3.05) is 0 Å². The molecule has 2 aromatic rings. The van der Waals surface area contributed by atoms with E-state index in [4.69, 9.17) is 21.0 Å². The highest BCUT2D eigenvalue weighted by Crippen LogP contribution is 2.26. The predicted octanol–water partition coefficient (Wildman–Crippen LogP) is 2.02. The van der Waals surface area contributed by atoms with Gasteiger partial charge in [0.05, 0.1) is 0 Å². The molecular weight excluding hydrogens is 360 g/mol. The molecule has 26 heavy (non-hydrogen) atoms. The van der Waals surface area contributed by atoms with E-state index in [-0.39, 0.29) is 23.0 Å². The fourth-order valence-corrected chi connectivity index (χ4v) is 1.78. The van der Waals surface area contributed by atoms with E-state index < -0.39 is 23.1 Å². The molecule has 0 spiro atoms. The lowest BCUT2D eigenvalue weighted by Crippen LogP contribution is -2.13. The van der Waals surface area contributed by atoms with Crippen molar-refractivity contribution < 1.29 is 59.9 Å². The molecule has 0 heterocycles. The van der Waals surface area contributed by atoms with Crippen molar-refractivity contribution in [2.45, 2.75) is 0 Å². The highest BCUT2D eigenvalue weighted by molar-refractivity contribution is 5.95. The molecule has 0 radical (unpaired) electrons. The van der Waals surface area contributed by atoms with Gasteiger partial charge in [0, 0.05) is 12.1 Å². The van der Waals surface area contributed by atoms with Crippen LogP contribution in [0.2, 0.25) is 0 Å². The first kappa shape index (κ1) is 18.8. The Morgan fingerprint density at radius 1 is 0.615 bits per heavy atom. The van der Waals surface area contributed by atoms with Crippen LogP contribution in [-0.4, -0.2) is 33.0 Å². The first-order valence-electron chi connectivity index (χ1n) is 6.51. The quantitative estimate of drug-likeness (QED) is 0.431. The van der Waals surface area contributed by atoms with Gasteiger partial charge in [-0.2, -0.15) is 0 Å². The van der Waals surface area contributed by atoms with Gasteiger partial charge >= 0.3 is 11.9 Å². The molecule has 12 nitrogen and oxygen atoms in total. The first-order valence-corrected chi connectivity index (χ1v) is 6.51. The Morgan fingerprint density at radius 3 is 1.31 bits per heavy atom. The molecule has 0 saturated heterocycles. The van der Waals surface area contributed by atoms with Crippen LogP contribution in [0.25, 0.3) is 0 Å². The molecule has 0 aliphatic heterocycles. The largest absolute Gasteiger partial charge is 0.390 e. The van der Waals surface area contributed by atoms with Crippen LogP contribution < -0.4 is 19.6 Å². The number of benzene rings is 2. The van der Waals surface area contributed by atoms with Crippen LogP contribution in [-0.2, 0) is 9.78 Å². The van der Waals surface area contributed by atoms with Crippen molar-refractivity contribution in [3.05, 3.63) is 47.5 Å². The minimum absolute atomic E-state index is 0.201. The number of carbonyl (C=O) groups is 2. The fourth-order valence-electron chi connectivity index (χ4n) is 1.78. The Bertz CT molecular complexity index is 735. The zero-order valence-electron chi connectivity index (χ0n) is 12.5. The lowest BCUT2D eigenvalue weighted by Gasteiger charge is -2.08. The summed E-state index contributed by atoms with van der Waals surface area (Å²) in [4.78, 5) is 48.2. The molecule has 2 rings (SSSR count). The van der Waals surface area contributed by atoms with E-state index in [2.05, 4.69) is 29.3 Å². The Balaban J connectivity index is 2.16. The average molecular weight is 370 g/mol.